The number of carbonyl (C=O) groups excluding carboxylic acids is 2. The van der Waals surface area contributed by atoms with Gasteiger partial charge in [0, 0.05) is 12.6 Å². The van der Waals surface area contributed by atoms with Crippen LogP contribution in [0.1, 0.15) is 10.5 Å². The van der Waals surface area contributed by atoms with Crippen LogP contribution in [0.2, 0.25) is 0 Å². The van der Waals surface area contributed by atoms with E-state index in [1.54, 1.807) is 28.8 Å². The minimum atomic E-state index is -0.810. The molecule has 1 aliphatic heterocycles. The fraction of sp³-hybridized carbons (Fsp3) is 0.115. The third-order valence-electron chi connectivity index (χ3n) is 5.56. The summed E-state index contributed by atoms with van der Waals surface area (Å²) in [7, 11) is 1.55. The first-order chi connectivity index (χ1) is 16.2. The van der Waals surface area contributed by atoms with Crippen LogP contribution in [0, 0.1) is 0 Å². The van der Waals surface area contributed by atoms with E-state index in [-0.39, 0.29) is 18.4 Å². The van der Waals surface area contributed by atoms with E-state index in [0.717, 1.165) is 11.3 Å². The molecule has 0 aliphatic carbocycles. The zero-order chi connectivity index (χ0) is 22.8. The summed E-state index contributed by atoms with van der Waals surface area (Å²) in [5.74, 6) is -0.0678. The highest BCUT2D eigenvalue weighted by Crippen LogP contribution is 2.35. The summed E-state index contributed by atoms with van der Waals surface area (Å²) < 4.78 is 7.51. The number of amides is 2. The van der Waals surface area contributed by atoms with Crippen LogP contribution in [0.4, 0.5) is 5.69 Å². The molecule has 1 atom stereocenters. The summed E-state index contributed by atoms with van der Waals surface area (Å²) in [5.41, 5.74) is 3.38. The maximum absolute atomic E-state index is 13.9. The third kappa shape index (κ3) is 3.85. The van der Waals surface area contributed by atoms with Crippen molar-refractivity contribution in [2.45, 2.75) is 6.10 Å². The fourth-order valence-corrected chi connectivity index (χ4v) is 3.91. The molecule has 1 N–H and O–H groups in total. The van der Waals surface area contributed by atoms with Gasteiger partial charge in [-0.25, -0.2) is 4.68 Å². The van der Waals surface area contributed by atoms with Gasteiger partial charge in [-0.2, -0.15) is 5.10 Å². The number of carbonyl (C=O) groups is 2. The Bertz CT molecular complexity index is 1300. The van der Waals surface area contributed by atoms with Crippen molar-refractivity contribution in [2.24, 2.45) is 0 Å². The van der Waals surface area contributed by atoms with Crippen LogP contribution >= 0.6 is 0 Å². The van der Waals surface area contributed by atoms with Gasteiger partial charge in [0.25, 0.3) is 11.8 Å². The normalized spacial score (nSPS) is 14.8. The van der Waals surface area contributed by atoms with Gasteiger partial charge in [-0.15, -0.1) is 0 Å². The molecule has 2 heterocycles. The molecule has 164 valence electrons. The Balaban J connectivity index is 1.62. The first-order valence-corrected chi connectivity index (χ1v) is 10.7. The van der Waals surface area contributed by atoms with Gasteiger partial charge in [-0.3, -0.25) is 14.5 Å². The second-order valence-electron chi connectivity index (χ2n) is 7.63. The van der Waals surface area contributed by atoms with Crippen LogP contribution in [0.3, 0.4) is 0 Å². The number of rotatable bonds is 4. The van der Waals surface area contributed by atoms with Crippen LogP contribution in [0.25, 0.3) is 16.9 Å². The van der Waals surface area contributed by atoms with Gasteiger partial charge < -0.3 is 10.1 Å². The Hall–Kier alpha value is -4.39. The van der Waals surface area contributed by atoms with E-state index < -0.39 is 6.10 Å². The molecule has 0 saturated carbocycles. The van der Waals surface area contributed by atoms with E-state index in [4.69, 9.17) is 9.84 Å². The Morgan fingerprint density at radius 1 is 0.939 bits per heavy atom. The van der Waals surface area contributed by atoms with Gasteiger partial charge >= 0.3 is 0 Å². The first-order valence-electron chi connectivity index (χ1n) is 10.7. The Labute approximate surface area is 191 Å². The number of fused-ring (bicyclic) bond motifs is 1. The number of ether oxygens (including phenoxy) is 1. The highest BCUT2D eigenvalue weighted by atomic mass is 16.5. The summed E-state index contributed by atoms with van der Waals surface area (Å²) in [6.45, 7) is 0.0934. The van der Waals surface area contributed by atoms with E-state index in [0.29, 0.717) is 22.8 Å². The molecule has 0 radical (unpaired) electrons. The van der Waals surface area contributed by atoms with Crippen LogP contribution < -0.4 is 15.0 Å². The fourth-order valence-electron chi connectivity index (χ4n) is 3.91. The predicted molar refractivity (Wildman–Crippen MR) is 126 cm³/mol. The molecule has 0 spiro atoms. The zero-order valence-electron chi connectivity index (χ0n) is 18.0. The summed E-state index contributed by atoms with van der Waals surface area (Å²) >= 11 is 0. The molecule has 7 heteroatoms. The molecular formula is C26H22N4O3. The number of hydrogen-bond acceptors (Lipinski definition) is 4. The van der Waals surface area contributed by atoms with Crippen molar-refractivity contribution in [1.29, 1.82) is 0 Å². The molecule has 1 unspecified atom stereocenters. The van der Waals surface area contributed by atoms with E-state index >= 15 is 0 Å². The molecule has 7 nitrogen and oxygen atoms in total. The highest BCUT2D eigenvalue weighted by Gasteiger charge is 2.35. The smallest absolute Gasteiger partial charge is 0.277 e. The largest absolute Gasteiger partial charge is 0.477 e. The van der Waals surface area contributed by atoms with Crippen LogP contribution in [-0.2, 0) is 4.79 Å². The van der Waals surface area contributed by atoms with Gasteiger partial charge in [0.15, 0.2) is 6.10 Å². The second-order valence-corrected chi connectivity index (χ2v) is 7.63. The van der Waals surface area contributed by atoms with E-state index in [1.807, 2.05) is 78.9 Å². The Morgan fingerprint density at radius 2 is 1.61 bits per heavy atom. The van der Waals surface area contributed by atoms with Crippen molar-refractivity contribution < 1.29 is 14.3 Å². The average Bonchev–Trinajstić information content (AvgIpc) is 3.34. The van der Waals surface area contributed by atoms with Crippen LogP contribution in [-0.4, -0.2) is 41.3 Å². The zero-order valence-corrected chi connectivity index (χ0v) is 18.0. The minimum absolute atomic E-state index is 0.0934. The summed E-state index contributed by atoms with van der Waals surface area (Å²) in [6, 6.07) is 28.3. The number of aromatic nitrogens is 2. The first kappa shape index (κ1) is 20.5. The van der Waals surface area contributed by atoms with Crippen molar-refractivity contribution in [2.75, 3.05) is 18.5 Å². The number of para-hydroxylation sites is 3. The molecule has 5 rings (SSSR count). The van der Waals surface area contributed by atoms with Gasteiger partial charge in [0.1, 0.15) is 11.4 Å². The maximum atomic E-state index is 13.9. The van der Waals surface area contributed by atoms with Crippen molar-refractivity contribution >= 4 is 17.5 Å². The molecular weight excluding hydrogens is 416 g/mol. The Morgan fingerprint density at radius 3 is 2.33 bits per heavy atom. The summed E-state index contributed by atoms with van der Waals surface area (Å²) in [6.07, 6.45) is -0.810. The number of likely N-dealkylation sites (N-methyl/N-ethyl adjacent to an activating group) is 1. The number of hydrogen-bond donors (Lipinski definition) is 1. The van der Waals surface area contributed by atoms with Crippen molar-refractivity contribution in [3.8, 4) is 22.7 Å². The molecule has 3 aromatic carbocycles. The van der Waals surface area contributed by atoms with Gasteiger partial charge in [0.2, 0.25) is 0 Å². The SMILES string of the molecule is CNC(=O)C1CN(C(=O)c2cc(-c3ccccc3)nn2-c2ccccc2)c2ccccc2O1. The van der Waals surface area contributed by atoms with Crippen LogP contribution in [0.5, 0.6) is 5.75 Å². The standard InChI is InChI=1S/C26H22N4O3/c1-27-25(31)24-17-29(21-14-8-9-15-23(21)33-24)26(32)22-16-20(18-10-4-2-5-11-18)28-30(22)19-12-6-3-7-13-19/h2-16,24H,17H2,1H3,(H,27,31). The lowest BCUT2D eigenvalue weighted by molar-refractivity contribution is -0.127. The van der Waals surface area contributed by atoms with E-state index in [1.165, 1.54) is 0 Å². The molecule has 0 bridgehead atoms. The lowest BCUT2D eigenvalue weighted by atomic mass is 10.1. The molecule has 2 amide bonds. The minimum Gasteiger partial charge on any atom is -0.477 e. The predicted octanol–water partition coefficient (Wildman–Crippen LogP) is 3.69. The topological polar surface area (TPSA) is 76.5 Å². The lowest BCUT2D eigenvalue weighted by Crippen LogP contribution is -2.50. The summed E-state index contributed by atoms with van der Waals surface area (Å²) in [5, 5.41) is 7.36. The summed E-state index contributed by atoms with van der Waals surface area (Å²) in [4.78, 5) is 27.9. The average molecular weight is 438 g/mol. The highest BCUT2D eigenvalue weighted by molar-refractivity contribution is 6.07. The molecule has 0 saturated heterocycles. The van der Waals surface area contributed by atoms with Crippen molar-refractivity contribution in [1.82, 2.24) is 15.1 Å². The van der Waals surface area contributed by atoms with Gasteiger partial charge in [0.05, 0.1) is 23.6 Å². The number of nitrogens with zero attached hydrogens (tertiary/aromatic N) is 3. The third-order valence-corrected chi connectivity index (χ3v) is 5.56. The van der Waals surface area contributed by atoms with Crippen molar-refractivity contribution in [3.05, 3.63) is 96.7 Å². The van der Waals surface area contributed by atoms with E-state index in [2.05, 4.69) is 5.32 Å². The number of nitrogens with one attached hydrogen (secondary N) is 1. The molecule has 33 heavy (non-hydrogen) atoms. The van der Waals surface area contributed by atoms with E-state index in [9.17, 15) is 9.59 Å². The second kappa shape index (κ2) is 8.63. The van der Waals surface area contributed by atoms with Gasteiger partial charge in [-0.1, -0.05) is 60.7 Å². The maximum Gasteiger partial charge on any atom is 0.277 e. The monoisotopic (exact) mass is 438 g/mol. The number of benzene rings is 3. The number of anilines is 1. The Kier molecular flexibility index (Phi) is 5.36. The molecule has 1 aliphatic rings. The van der Waals surface area contributed by atoms with Gasteiger partial charge in [-0.05, 0) is 30.3 Å². The van der Waals surface area contributed by atoms with Crippen molar-refractivity contribution in [3.63, 3.8) is 0 Å². The quantitative estimate of drug-likeness (QED) is 0.527. The molecule has 4 aromatic rings. The lowest BCUT2D eigenvalue weighted by Gasteiger charge is -2.34. The molecule has 1 aromatic heterocycles. The van der Waals surface area contributed by atoms with Crippen LogP contribution in [0.15, 0.2) is 91.0 Å². The molecule has 0 fully saturated rings.